The lowest BCUT2D eigenvalue weighted by atomic mass is 10.2. The molecule has 1 fully saturated rings. The molecule has 0 aromatic heterocycles. The molecule has 1 aliphatic rings. The number of anilines is 1. The summed E-state index contributed by atoms with van der Waals surface area (Å²) >= 11 is 0. The van der Waals surface area contributed by atoms with Crippen molar-refractivity contribution in [1.82, 2.24) is 0 Å². The maximum Gasteiger partial charge on any atom is 0.243 e. The van der Waals surface area contributed by atoms with Crippen LogP contribution < -0.4 is 10.6 Å². The van der Waals surface area contributed by atoms with Crippen molar-refractivity contribution in [3.8, 4) is 0 Å². The fraction of sp³-hybridized carbons (Fsp3) is 0.364. The summed E-state index contributed by atoms with van der Waals surface area (Å²) in [4.78, 5) is 13.2. The van der Waals surface area contributed by atoms with E-state index in [9.17, 15) is 9.18 Å². The molecule has 2 N–H and O–H groups in total. The highest BCUT2D eigenvalue weighted by Gasteiger charge is 2.29. The van der Waals surface area contributed by atoms with Crippen molar-refractivity contribution >= 4 is 11.6 Å². The summed E-state index contributed by atoms with van der Waals surface area (Å²) in [5.41, 5.74) is 6.88. The largest absolute Gasteiger partial charge is 0.320 e. The molecule has 1 amide bonds. The summed E-state index contributed by atoms with van der Waals surface area (Å²) in [5.74, 6) is -0.337. The van der Waals surface area contributed by atoms with E-state index in [1.807, 2.05) is 0 Å². The Labute approximate surface area is 87.7 Å². The van der Waals surface area contributed by atoms with Gasteiger partial charge in [-0.25, -0.2) is 4.39 Å². The Morgan fingerprint density at radius 1 is 1.53 bits per heavy atom. The number of amides is 1. The van der Waals surface area contributed by atoms with Crippen LogP contribution in [0.1, 0.15) is 12.0 Å². The van der Waals surface area contributed by atoms with Crippen LogP contribution in [-0.4, -0.2) is 18.5 Å². The molecule has 1 unspecified atom stereocenters. The van der Waals surface area contributed by atoms with Gasteiger partial charge in [-0.15, -0.1) is 0 Å². The summed E-state index contributed by atoms with van der Waals surface area (Å²) in [5, 5.41) is 0. The van der Waals surface area contributed by atoms with Crippen molar-refractivity contribution in [1.29, 1.82) is 0 Å². The molecule has 1 heterocycles. The average Bonchev–Trinajstić information content (AvgIpc) is 2.53. The van der Waals surface area contributed by atoms with E-state index in [1.54, 1.807) is 24.0 Å². The van der Waals surface area contributed by atoms with Crippen LogP contribution in [0, 0.1) is 12.7 Å². The second-order valence-electron chi connectivity index (χ2n) is 3.82. The minimum atomic E-state index is -0.407. The molecule has 15 heavy (non-hydrogen) atoms. The van der Waals surface area contributed by atoms with E-state index in [0.717, 1.165) is 5.69 Å². The van der Waals surface area contributed by atoms with Gasteiger partial charge < -0.3 is 10.6 Å². The lowest BCUT2D eigenvalue weighted by molar-refractivity contribution is -0.118. The van der Waals surface area contributed by atoms with Crippen LogP contribution in [0.3, 0.4) is 0 Å². The van der Waals surface area contributed by atoms with Crippen molar-refractivity contribution in [2.45, 2.75) is 19.4 Å². The molecule has 0 spiro atoms. The van der Waals surface area contributed by atoms with Crippen LogP contribution in [0.15, 0.2) is 18.2 Å². The van der Waals surface area contributed by atoms with E-state index in [-0.39, 0.29) is 11.7 Å². The summed E-state index contributed by atoms with van der Waals surface area (Å²) < 4.78 is 13.0. The van der Waals surface area contributed by atoms with E-state index in [4.69, 9.17) is 5.73 Å². The fourth-order valence-corrected chi connectivity index (χ4v) is 1.76. The predicted molar refractivity (Wildman–Crippen MR) is 56.1 cm³/mol. The first-order valence-corrected chi connectivity index (χ1v) is 4.92. The zero-order chi connectivity index (χ0) is 11.0. The van der Waals surface area contributed by atoms with E-state index in [1.165, 1.54) is 6.07 Å². The third-order valence-corrected chi connectivity index (χ3v) is 2.70. The van der Waals surface area contributed by atoms with E-state index in [2.05, 4.69) is 0 Å². The monoisotopic (exact) mass is 208 g/mol. The number of nitrogens with two attached hydrogens (primary N) is 1. The number of benzene rings is 1. The Bertz CT molecular complexity index is 406. The topological polar surface area (TPSA) is 46.3 Å². The molecule has 1 aliphatic heterocycles. The first kappa shape index (κ1) is 10.1. The highest BCUT2D eigenvalue weighted by atomic mass is 19.1. The minimum absolute atomic E-state index is 0.0824. The van der Waals surface area contributed by atoms with Crippen LogP contribution in [0.4, 0.5) is 10.1 Å². The van der Waals surface area contributed by atoms with Gasteiger partial charge in [0.2, 0.25) is 5.91 Å². The number of aryl methyl sites for hydroxylation is 1. The van der Waals surface area contributed by atoms with Crippen LogP contribution in [0.2, 0.25) is 0 Å². The van der Waals surface area contributed by atoms with Crippen molar-refractivity contribution in [2.24, 2.45) is 5.73 Å². The van der Waals surface area contributed by atoms with Crippen molar-refractivity contribution in [3.05, 3.63) is 29.6 Å². The van der Waals surface area contributed by atoms with Gasteiger partial charge in [-0.3, -0.25) is 4.79 Å². The van der Waals surface area contributed by atoms with Crippen LogP contribution >= 0.6 is 0 Å². The highest BCUT2D eigenvalue weighted by Crippen LogP contribution is 2.22. The van der Waals surface area contributed by atoms with Crippen LogP contribution in [0.25, 0.3) is 0 Å². The van der Waals surface area contributed by atoms with Crippen LogP contribution in [0.5, 0.6) is 0 Å². The third-order valence-electron chi connectivity index (χ3n) is 2.70. The van der Waals surface area contributed by atoms with Gasteiger partial charge in [0, 0.05) is 12.2 Å². The Kier molecular flexibility index (Phi) is 2.44. The second-order valence-corrected chi connectivity index (χ2v) is 3.82. The molecule has 0 aliphatic carbocycles. The molecular formula is C11H13FN2O. The first-order chi connectivity index (χ1) is 7.09. The number of carbonyl (C=O) groups is 1. The molecule has 1 atom stereocenters. The molecular weight excluding hydrogens is 195 g/mol. The average molecular weight is 208 g/mol. The standard InChI is InChI=1S/C11H13FN2O/c1-7-6-8(2-3-9(7)12)14-5-4-10(13)11(14)15/h2-3,6,10H,4-5,13H2,1H3. The predicted octanol–water partition coefficient (Wildman–Crippen LogP) is 1.20. The molecule has 0 radical (unpaired) electrons. The smallest absolute Gasteiger partial charge is 0.243 e. The quantitative estimate of drug-likeness (QED) is 0.753. The van der Waals surface area contributed by atoms with Crippen molar-refractivity contribution in [2.75, 3.05) is 11.4 Å². The van der Waals surface area contributed by atoms with Gasteiger partial charge in [0.15, 0.2) is 0 Å². The Morgan fingerprint density at radius 3 is 2.80 bits per heavy atom. The summed E-state index contributed by atoms with van der Waals surface area (Å²) in [6, 6.07) is 4.25. The first-order valence-electron chi connectivity index (χ1n) is 4.92. The lowest BCUT2D eigenvalue weighted by Gasteiger charge is -2.16. The summed E-state index contributed by atoms with van der Waals surface area (Å²) in [7, 11) is 0. The third kappa shape index (κ3) is 1.72. The summed E-state index contributed by atoms with van der Waals surface area (Å²) in [6.45, 7) is 2.30. The maximum atomic E-state index is 13.0. The fourth-order valence-electron chi connectivity index (χ4n) is 1.76. The SMILES string of the molecule is Cc1cc(N2CCC(N)C2=O)ccc1F. The van der Waals surface area contributed by atoms with E-state index >= 15 is 0 Å². The van der Waals surface area contributed by atoms with Crippen molar-refractivity contribution < 1.29 is 9.18 Å². The molecule has 0 bridgehead atoms. The Hall–Kier alpha value is -1.42. The minimum Gasteiger partial charge on any atom is -0.320 e. The van der Waals surface area contributed by atoms with Gasteiger partial charge in [0.1, 0.15) is 5.82 Å². The van der Waals surface area contributed by atoms with Crippen molar-refractivity contribution in [3.63, 3.8) is 0 Å². The maximum absolute atomic E-state index is 13.0. The number of carbonyl (C=O) groups excluding carboxylic acids is 1. The van der Waals surface area contributed by atoms with E-state index < -0.39 is 6.04 Å². The lowest BCUT2D eigenvalue weighted by Crippen LogP contribution is -2.33. The van der Waals surface area contributed by atoms with Gasteiger partial charge in [-0.05, 0) is 37.1 Å². The van der Waals surface area contributed by atoms with Gasteiger partial charge in [-0.2, -0.15) is 0 Å². The molecule has 0 saturated carbocycles. The zero-order valence-corrected chi connectivity index (χ0v) is 8.53. The summed E-state index contributed by atoms with van der Waals surface area (Å²) in [6.07, 6.45) is 0.662. The molecule has 2 rings (SSSR count). The number of hydrogen-bond donors (Lipinski definition) is 1. The molecule has 80 valence electrons. The Balaban J connectivity index is 2.31. The van der Waals surface area contributed by atoms with Gasteiger partial charge in [0.05, 0.1) is 6.04 Å². The Morgan fingerprint density at radius 2 is 2.27 bits per heavy atom. The second kappa shape index (κ2) is 3.62. The normalized spacial score (nSPS) is 21.1. The molecule has 3 nitrogen and oxygen atoms in total. The van der Waals surface area contributed by atoms with Gasteiger partial charge in [0.25, 0.3) is 0 Å². The number of rotatable bonds is 1. The molecule has 1 saturated heterocycles. The van der Waals surface area contributed by atoms with Gasteiger partial charge >= 0.3 is 0 Å². The number of halogens is 1. The van der Waals surface area contributed by atoms with Gasteiger partial charge in [-0.1, -0.05) is 0 Å². The number of nitrogens with zero attached hydrogens (tertiary/aromatic N) is 1. The van der Waals surface area contributed by atoms with E-state index in [0.29, 0.717) is 18.5 Å². The highest BCUT2D eigenvalue weighted by molar-refractivity contribution is 5.99. The molecule has 4 heteroatoms. The molecule has 1 aromatic rings. The van der Waals surface area contributed by atoms with Crippen LogP contribution in [-0.2, 0) is 4.79 Å². The number of hydrogen-bond acceptors (Lipinski definition) is 2. The zero-order valence-electron chi connectivity index (χ0n) is 8.53. The molecule has 1 aromatic carbocycles.